The van der Waals surface area contributed by atoms with Gasteiger partial charge in [0, 0.05) is 37.9 Å². The van der Waals surface area contributed by atoms with E-state index >= 15 is 0 Å². The van der Waals surface area contributed by atoms with Gasteiger partial charge in [-0.15, -0.1) is 0 Å². The fourth-order valence-electron chi connectivity index (χ4n) is 4.42. The van der Waals surface area contributed by atoms with Crippen molar-refractivity contribution in [2.24, 2.45) is 0 Å². The van der Waals surface area contributed by atoms with Crippen molar-refractivity contribution in [2.45, 2.75) is 45.1 Å². The number of imidazole rings is 1. The summed E-state index contributed by atoms with van der Waals surface area (Å²) in [4.78, 5) is 33.7. The Morgan fingerprint density at radius 2 is 2.00 bits per heavy atom. The number of hydrogen-bond donors (Lipinski definition) is 1. The summed E-state index contributed by atoms with van der Waals surface area (Å²) in [6, 6.07) is 0. The van der Waals surface area contributed by atoms with Crippen LogP contribution in [0, 0.1) is 6.92 Å². The number of aromatic nitrogens is 4. The molecule has 0 atom stereocenters. The summed E-state index contributed by atoms with van der Waals surface area (Å²) in [5.41, 5.74) is 3.67. The molecule has 0 aromatic carbocycles. The van der Waals surface area contributed by atoms with Crippen molar-refractivity contribution in [2.75, 3.05) is 26.2 Å². The number of nitrogens with zero attached hydrogens (tertiary/aromatic N) is 5. The van der Waals surface area contributed by atoms with E-state index in [1.807, 2.05) is 18.2 Å². The molecule has 1 saturated heterocycles. The fraction of sp³-hybridized carbons (Fsp3) is 0.579. The number of piperidine rings is 1. The van der Waals surface area contributed by atoms with Gasteiger partial charge in [-0.25, -0.2) is 9.97 Å². The highest BCUT2D eigenvalue weighted by Gasteiger charge is 2.46. The number of aromatic amines is 1. The lowest BCUT2D eigenvalue weighted by Gasteiger charge is -2.50. The third-order valence-electron chi connectivity index (χ3n) is 5.77. The fourth-order valence-corrected chi connectivity index (χ4v) is 4.42. The van der Waals surface area contributed by atoms with E-state index in [0.29, 0.717) is 5.69 Å². The molecule has 2 aromatic heterocycles. The summed E-state index contributed by atoms with van der Waals surface area (Å²) in [5.74, 6) is -0.0209. The summed E-state index contributed by atoms with van der Waals surface area (Å²) < 4.78 is 0. The molecule has 0 saturated carbocycles. The molecule has 1 fully saturated rings. The molecule has 7 nitrogen and oxygen atoms in total. The zero-order valence-electron chi connectivity index (χ0n) is 15.5. The van der Waals surface area contributed by atoms with E-state index in [-0.39, 0.29) is 11.4 Å². The Labute approximate surface area is 153 Å². The van der Waals surface area contributed by atoms with Crippen LogP contribution in [-0.2, 0) is 12.0 Å². The Hall–Kier alpha value is -2.28. The number of rotatable bonds is 3. The number of hydrogen-bond acceptors (Lipinski definition) is 5. The van der Waals surface area contributed by atoms with Crippen LogP contribution in [0.15, 0.2) is 18.7 Å². The number of likely N-dealkylation sites (tertiary alicyclic amines) is 1. The van der Waals surface area contributed by atoms with Crippen molar-refractivity contribution in [3.8, 4) is 0 Å². The van der Waals surface area contributed by atoms with Gasteiger partial charge >= 0.3 is 0 Å². The maximum Gasteiger partial charge on any atom is 0.274 e. The molecule has 2 aliphatic heterocycles. The quantitative estimate of drug-likeness (QED) is 0.911. The van der Waals surface area contributed by atoms with E-state index in [1.165, 1.54) is 11.4 Å². The van der Waals surface area contributed by atoms with Gasteiger partial charge in [0.25, 0.3) is 5.91 Å². The minimum Gasteiger partial charge on any atom is -0.348 e. The Bertz CT molecular complexity index is 776. The van der Waals surface area contributed by atoms with Crippen molar-refractivity contribution < 1.29 is 4.79 Å². The molecule has 2 aromatic rings. The molecular weight excluding hydrogens is 328 g/mol. The minimum absolute atomic E-state index is 0.0209. The molecule has 2 aliphatic rings. The molecule has 4 heterocycles. The van der Waals surface area contributed by atoms with Crippen molar-refractivity contribution in [3.63, 3.8) is 0 Å². The highest BCUT2D eigenvalue weighted by atomic mass is 16.2. The number of carbonyl (C=O) groups excluding carboxylic acids is 1. The summed E-state index contributed by atoms with van der Waals surface area (Å²) >= 11 is 0. The molecule has 4 rings (SSSR count). The van der Waals surface area contributed by atoms with Crippen molar-refractivity contribution in [1.82, 2.24) is 29.7 Å². The Morgan fingerprint density at radius 1 is 1.19 bits per heavy atom. The van der Waals surface area contributed by atoms with Crippen LogP contribution in [0.25, 0.3) is 0 Å². The molecule has 0 unspecified atom stereocenters. The van der Waals surface area contributed by atoms with Crippen LogP contribution < -0.4 is 0 Å². The second kappa shape index (κ2) is 6.79. The summed E-state index contributed by atoms with van der Waals surface area (Å²) in [7, 11) is 0. The zero-order chi connectivity index (χ0) is 18.1. The lowest BCUT2D eigenvalue weighted by molar-refractivity contribution is 0.00688. The lowest BCUT2D eigenvalue weighted by Crippen LogP contribution is -2.57. The third-order valence-corrected chi connectivity index (χ3v) is 5.77. The van der Waals surface area contributed by atoms with Gasteiger partial charge in [0.05, 0.1) is 29.5 Å². The summed E-state index contributed by atoms with van der Waals surface area (Å²) in [6.07, 6.45) is 9.03. The maximum atomic E-state index is 12.8. The molecule has 0 aliphatic carbocycles. The first kappa shape index (κ1) is 17.1. The Morgan fingerprint density at radius 3 is 2.69 bits per heavy atom. The third kappa shape index (κ3) is 2.80. The predicted molar refractivity (Wildman–Crippen MR) is 97.7 cm³/mol. The lowest BCUT2D eigenvalue weighted by atomic mass is 9.78. The molecule has 0 radical (unpaired) electrons. The van der Waals surface area contributed by atoms with Gasteiger partial charge in [-0.2, -0.15) is 0 Å². The largest absolute Gasteiger partial charge is 0.348 e. The maximum absolute atomic E-state index is 12.8. The molecule has 7 heteroatoms. The Balaban J connectivity index is 1.54. The number of H-pyrrole nitrogens is 1. The van der Waals surface area contributed by atoms with Gasteiger partial charge in [-0.05, 0) is 32.7 Å². The van der Waals surface area contributed by atoms with Gasteiger partial charge < -0.3 is 9.88 Å². The first-order valence-corrected chi connectivity index (χ1v) is 9.50. The SMILES string of the molecule is CCCN1CCc2[nH]cnc2C12CCN(C(=O)c1cnc(C)cn1)CC2. The molecule has 26 heavy (non-hydrogen) atoms. The number of amides is 1. The van der Waals surface area contributed by atoms with Crippen LogP contribution >= 0.6 is 0 Å². The molecule has 1 spiro atoms. The number of nitrogens with one attached hydrogen (secondary N) is 1. The van der Waals surface area contributed by atoms with Crippen LogP contribution in [0.1, 0.15) is 53.8 Å². The van der Waals surface area contributed by atoms with E-state index in [4.69, 9.17) is 0 Å². The van der Waals surface area contributed by atoms with E-state index < -0.39 is 0 Å². The first-order chi connectivity index (χ1) is 12.6. The van der Waals surface area contributed by atoms with Crippen molar-refractivity contribution in [3.05, 3.63) is 41.5 Å². The highest BCUT2D eigenvalue weighted by Crippen LogP contribution is 2.42. The highest BCUT2D eigenvalue weighted by molar-refractivity contribution is 5.92. The van der Waals surface area contributed by atoms with Gasteiger partial charge in [0.15, 0.2) is 0 Å². The second-order valence-electron chi connectivity index (χ2n) is 7.33. The topological polar surface area (TPSA) is 78.0 Å². The van der Waals surface area contributed by atoms with E-state index in [9.17, 15) is 4.79 Å². The Kier molecular flexibility index (Phi) is 4.48. The van der Waals surface area contributed by atoms with Crippen LogP contribution in [0.3, 0.4) is 0 Å². The van der Waals surface area contributed by atoms with E-state index in [0.717, 1.165) is 57.6 Å². The smallest absolute Gasteiger partial charge is 0.274 e. The van der Waals surface area contributed by atoms with Crippen LogP contribution in [0.5, 0.6) is 0 Å². The zero-order valence-corrected chi connectivity index (χ0v) is 15.5. The average Bonchev–Trinajstić information content (AvgIpc) is 3.15. The molecule has 1 amide bonds. The van der Waals surface area contributed by atoms with Gasteiger partial charge in [0.2, 0.25) is 0 Å². The summed E-state index contributed by atoms with van der Waals surface area (Å²) in [6.45, 7) is 7.67. The monoisotopic (exact) mass is 354 g/mol. The van der Waals surface area contributed by atoms with Gasteiger partial charge in [-0.3, -0.25) is 14.7 Å². The van der Waals surface area contributed by atoms with E-state index in [1.54, 1.807) is 12.4 Å². The normalized spacial score (nSPS) is 19.5. The van der Waals surface area contributed by atoms with Gasteiger partial charge in [-0.1, -0.05) is 6.92 Å². The standard InChI is InChI=1S/C19H26N6O/c1-3-7-25-8-4-15-17(23-13-22-15)19(25)5-9-24(10-6-19)18(26)16-12-20-14(2)11-21-16/h11-13H,3-10H2,1-2H3,(H,22,23). The van der Waals surface area contributed by atoms with Gasteiger partial charge in [0.1, 0.15) is 5.69 Å². The van der Waals surface area contributed by atoms with Crippen LogP contribution in [-0.4, -0.2) is 61.8 Å². The number of fused-ring (bicyclic) bond motifs is 2. The minimum atomic E-state index is -0.0423. The number of aryl methyl sites for hydroxylation is 1. The second-order valence-corrected chi connectivity index (χ2v) is 7.33. The number of carbonyl (C=O) groups is 1. The molecule has 1 N–H and O–H groups in total. The van der Waals surface area contributed by atoms with Crippen molar-refractivity contribution in [1.29, 1.82) is 0 Å². The van der Waals surface area contributed by atoms with E-state index in [2.05, 4.69) is 31.8 Å². The predicted octanol–water partition coefficient (Wildman–Crippen LogP) is 1.91. The average molecular weight is 354 g/mol. The van der Waals surface area contributed by atoms with Crippen LogP contribution in [0.4, 0.5) is 0 Å². The van der Waals surface area contributed by atoms with Crippen LogP contribution in [0.2, 0.25) is 0 Å². The summed E-state index contributed by atoms with van der Waals surface area (Å²) in [5, 5.41) is 0. The first-order valence-electron chi connectivity index (χ1n) is 9.50. The molecular formula is C19H26N6O. The molecule has 138 valence electrons. The molecule has 0 bridgehead atoms. The van der Waals surface area contributed by atoms with Crippen molar-refractivity contribution >= 4 is 5.91 Å².